The molecule has 1 aliphatic rings. The molecule has 0 bridgehead atoms. The molecule has 1 aliphatic heterocycles. The second kappa shape index (κ2) is 8.22. The van der Waals surface area contributed by atoms with Crippen LogP contribution in [0, 0.1) is 11.8 Å². The molecule has 5 heteroatoms. The highest BCUT2D eigenvalue weighted by atomic mass is 32.2. The Bertz CT molecular complexity index is 507. The summed E-state index contributed by atoms with van der Waals surface area (Å²) < 4.78 is 0. The number of rotatable bonds is 7. The zero-order valence-electron chi connectivity index (χ0n) is 13.2. The van der Waals surface area contributed by atoms with Crippen LogP contribution in [0.1, 0.15) is 12.0 Å². The third-order valence-electron chi connectivity index (χ3n) is 4.23. The maximum atomic E-state index is 12.6. The van der Waals surface area contributed by atoms with E-state index in [-0.39, 0.29) is 23.7 Å². The smallest absolute Gasteiger partial charge is 0.226 e. The molecule has 1 aromatic carbocycles. The zero-order chi connectivity index (χ0) is 15.9. The molecule has 2 rings (SSSR count). The second-order valence-corrected chi connectivity index (χ2v) is 6.63. The van der Waals surface area contributed by atoms with Gasteiger partial charge in [-0.05, 0) is 29.9 Å². The van der Waals surface area contributed by atoms with Crippen molar-refractivity contribution in [3.05, 3.63) is 35.9 Å². The van der Waals surface area contributed by atoms with Crippen LogP contribution >= 0.6 is 11.8 Å². The highest BCUT2D eigenvalue weighted by molar-refractivity contribution is 7.98. The van der Waals surface area contributed by atoms with Crippen LogP contribution in [0.3, 0.4) is 0 Å². The minimum absolute atomic E-state index is 0.0469. The summed E-state index contributed by atoms with van der Waals surface area (Å²) in [5.74, 6) is 1.13. The van der Waals surface area contributed by atoms with Gasteiger partial charge >= 0.3 is 0 Å². The van der Waals surface area contributed by atoms with Crippen LogP contribution in [-0.4, -0.2) is 48.9 Å². The fourth-order valence-corrected chi connectivity index (χ4v) is 3.75. The van der Waals surface area contributed by atoms with Crippen molar-refractivity contribution in [2.45, 2.75) is 12.8 Å². The summed E-state index contributed by atoms with van der Waals surface area (Å²) in [4.78, 5) is 26.2. The number of hydrogen-bond donors (Lipinski definition) is 1. The lowest BCUT2D eigenvalue weighted by molar-refractivity contribution is -0.134. The van der Waals surface area contributed by atoms with E-state index in [2.05, 4.69) is 17.4 Å². The number of thioether (sulfide) groups is 1. The summed E-state index contributed by atoms with van der Waals surface area (Å²) in [6.07, 6.45) is 3.22. The van der Waals surface area contributed by atoms with Gasteiger partial charge in [-0.1, -0.05) is 30.3 Å². The second-order valence-electron chi connectivity index (χ2n) is 5.72. The molecule has 1 heterocycles. The molecule has 0 aliphatic carbocycles. The lowest BCUT2D eigenvalue weighted by Crippen LogP contribution is -2.31. The molecule has 0 spiro atoms. The fourth-order valence-electron chi connectivity index (χ4n) is 2.99. The Morgan fingerprint density at radius 2 is 2.09 bits per heavy atom. The van der Waals surface area contributed by atoms with E-state index in [1.165, 1.54) is 5.56 Å². The topological polar surface area (TPSA) is 49.4 Å². The van der Waals surface area contributed by atoms with Gasteiger partial charge in [0.15, 0.2) is 0 Å². The van der Waals surface area contributed by atoms with Crippen molar-refractivity contribution in [2.24, 2.45) is 11.8 Å². The van der Waals surface area contributed by atoms with E-state index < -0.39 is 0 Å². The summed E-state index contributed by atoms with van der Waals surface area (Å²) in [5, 5.41) is 2.63. The van der Waals surface area contributed by atoms with E-state index in [9.17, 15) is 9.59 Å². The van der Waals surface area contributed by atoms with Crippen molar-refractivity contribution in [3.63, 3.8) is 0 Å². The molecule has 22 heavy (non-hydrogen) atoms. The Morgan fingerprint density at radius 3 is 2.73 bits per heavy atom. The first-order valence-electron chi connectivity index (χ1n) is 7.68. The van der Waals surface area contributed by atoms with Gasteiger partial charge in [0, 0.05) is 26.6 Å². The van der Waals surface area contributed by atoms with Crippen LogP contribution in [0.25, 0.3) is 0 Å². The predicted octanol–water partition coefficient (Wildman–Crippen LogP) is 1.80. The fraction of sp³-hybridized carbons (Fsp3) is 0.529. The van der Waals surface area contributed by atoms with Crippen LogP contribution in [0.4, 0.5) is 0 Å². The highest BCUT2D eigenvalue weighted by Gasteiger charge is 2.40. The van der Waals surface area contributed by atoms with Crippen LogP contribution in [0.15, 0.2) is 30.3 Å². The largest absolute Gasteiger partial charge is 0.359 e. The summed E-state index contributed by atoms with van der Waals surface area (Å²) in [6.45, 7) is 1.51. The zero-order valence-corrected chi connectivity index (χ0v) is 14.1. The summed E-state index contributed by atoms with van der Waals surface area (Å²) >= 11 is 1.75. The van der Waals surface area contributed by atoms with Crippen molar-refractivity contribution >= 4 is 23.6 Å². The van der Waals surface area contributed by atoms with Gasteiger partial charge in [-0.15, -0.1) is 0 Å². The Labute approximate surface area is 136 Å². The van der Waals surface area contributed by atoms with Crippen LogP contribution in [0.5, 0.6) is 0 Å². The quantitative estimate of drug-likeness (QED) is 0.833. The van der Waals surface area contributed by atoms with E-state index >= 15 is 0 Å². The van der Waals surface area contributed by atoms with Gasteiger partial charge in [-0.2, -0.15) is 11.8 Å². The third kappa shape index (κ3) is 4.26. The van der Waals surface area contributed by atoms with E-state index in [1.54, 1.807) is 18.8 Å². The molecule has 0 unspecified atom stereocenters. The first-order valence-corrected chi connectivity index (χ1v) is 9.07. The van der Waals surface area contributed by atoms with Crippen molar-refractivity contribution in [1.82, 2.24) is 10.2 Å². The molecule has 1 N–H and O–H groups in total. The molecule has 1 aromatic rings. The first-order chi connectivity index (χ1) is 10.7. The minimum Gasteiger partial charge on any atom is -0.359 e. The number of likely N-dealkylation sites (tertiary alicyclic amines) is 1. The van der Waals surface area contributed by atoms with Crippen LogP contribution in [-0.2, 0) is 16.0 Å². The number of nitrogens with one attached hydrogen (secondary N) is 1. The van der Waals surface area contributed by atoms with Gasteiger partial charge in [0.05, 0.1) is 5.92 Å². The Hall–Kier alpha value is -1.49. The normalized spacial score (nSPS) is 21.2. The molecule has 1 saturated heterocycles. The van der Waals surface area contributed by atoms with E-state index in [4.69, 9.17) is 0 Å². The molecule has 2 amide bonds. The van der Waals surface area contributed by atoms with Crippen molar-refractivity contribution in [1.29, 1.82) is 0 Å². The van der Waals surface area contributed by atoms with Crippen molar-refractivity contribution in [3.8, 4) is 0 Å². The molecule has 0 radical (unpaired) electrons. The van der Waals surface area contributed by atoms with Crippen molar-refractivity contribution in [2.75, 3.05) is 32.1 Å². The SMILES string of the molecule is CNC(=O)C[C@H]1C(=O)N(CCc2ccccc2)C[C@@H]1CSC. The maximum Gasteiger partial charge on any atom is 0.226 e. The van der Waals surface area contributed by atoms with Gasteiger partial charge in [0.25, 0.3) is 0 Å². The average Bonchev–Trinajstić information content (AvgIpc) is 2.83. The first kappa shape index (κ1) is 16.9. The maximum absolute atomic E-state index is 12.6. The summed E-state index contributed by atoms with van der Waals surface area (Å²) in [7, 11) is 1.62. The number of amides is 2. The molecular weight excluding hydrogens is 296 g/mol. The summed E-state index contributed by atoms with van der Waals surface area (Å²) in [6, 6.07) is 10.2. The molecule has 2 atom stereocenters. The Morgan fingerprint density at radius 1 is 1.36 bits per heavy atom. The minimum atomic E-state index is -0.164. The van der Waals surface area contributed by atoms with E-state index in [0.717, 1.165) is 25.3 Å². The number of carbonyl (C=O) groups excluding carboxylic acids is 2. The van der Waals surface area contributed by atoms with Gasteiger partial charge in [0.2, 0.25) is 11.8 Å². The third-order valence-corrected chi connectivity index (χ3v) is 4.99. The highest BCUT2D eigenvalue weighted by Crippen LogP contribution is 2.30. The molecule has 1 fully saturated rings. The number of benzene rings is 1. The lowest BCUT2D eigenvalue weighted by atomic mass is 9.93. The average molecular weight is 320 g/mol. The van der Waals surface area contributed by atoms with Crippen LogP contribution < -0.4 is 5.32 Å². The van der Waals surface area contributed by atoms with Gasteiger partial charge in [-0.3, -0.25) is 9.59 Å². The van der Waals surface area contributed by atoms with Crippen LogP contribution in [0.2, 0.25) is 0 Å². The number of carbonyl (C=O) groups is 2. The monoisotopic (exact) mass is 320 g/mol. The van der Waals surface area contributed by atoms with Gasteiger partial charge in [0.1, 0.15) is 0 Å². The lowest BCUT2D eigenvalue weighted by Gasteiger charge is -2.16. The standard InChI is InChI=1S/C17H24N2O2S/c1-18-16(20)10-15-14(12-22-2)11-19(17(15)21)9-8-13-6-4-3-5-7-13/h3-7,14-15H,8-12H2,1-2H3,(H,18,20)/t14-,15-/m1/s1. The summed E-state index contributed by atoms with van der Waals surface area (Å²) in [5.41, 5.74) is 1.24. The van der Waals surface area contributed by atoms with Gasteiger partial charge < -0.3 is 10.2 Å². The Balaban J connectivity index is 1.97. The van der Waals surface area contributed by atoms with Crippen molar-refractivity contribution < 1.29 is 9.59 Å². The molecule has 120 valence electrons. The molecule has 0 aromatic heterocycles. The van der Waals surface area contributed by atoms with Gasteiger partial charge in [-0.25, -0.2) is 0 Å². The molecular formula is C17H24N2O2S. The predicted molar refractivity (Wildman–Crippen MR) is 90.8 cm³/mol. The molecule has 0 saturated carbocycles. The molecule has 4 nitrogen and oxygen atoms in total. The number of nitrogens with zero attached hydrogens (tertiary/aromatic N) is 1. The van der Waals surface area contributed by atoms with E-state index in [1.807, 2.05) is 29.4 Å². The Kier molecular flexibility index (Phi) is 6.31. The number of hydrogen-bond acceptors (Lipinski definition) is 3. The van der Waals surface area contributed by atoms with E-state index in [0.29, 0.717) is 6.42 Å².